The molecular formula is C17H14N4OS. The number of thioether (sulfide) groups is 1. The molecule has 0 saturated carbocycles. The highest BCUT2D eigenvalue weighted by Gasteiger charge is 2.11. The first kappa shape index (κ1) is 15.1. The Morgan fingerprint density at radius 3 is 2.70 bits per heavy atom. The SMILES string of the molecule is COc1ccccc1-n1cnnc1SCc1ccc(C#N)cc1. The number of rotatable bonds is 5. The van der Waals surface area contributed by atoms with Crippen LogP contribution < -0.4 is 4.74 Å². The van der Waals surface area contributed by atoms with Gasteiger partial charge in [-0.05, 0) is 29.8 Å². The predicted molar refractivity (Wildman–Crippen MR) is 88.6 cm³/mol. The molecule has 1 heterocycles. The van der Waals surface area contributed by atoms with Gasteiger partial charge in [0, 0.05) is 5.75 Å². The summed E-state index contributed by atoms with van der Waals surface area (Å²) < 4.78 is 7.31. The standard InChI is InChI=1S/C17H14N4OS/c1-22-16-5-3-2-4-15(16)21-12-19-20-17(21)23-11-14-8-6-13(10-18)7-9-14/h2-9,12H,11H2,1H3. The summed E-state index contributed by atoms with van der Waals surface area (Å²) in [6.45, 7) is 0. The van der Waals surface area contributed by atoms with E-state index in [4.69, 9.17) is 10.00 Å². The van der Waals surface area contributed by atoms with Crippen LogP contribution >= 0.6 is 11.8 Å². The van der Waals surface area contributed by atoms with Crippen LogP contribution in [0.2, 0.25) is 0 Å². The highest BCUT2D eigenvalue weighted by Crippen LogP contribution is 2.28. The molecule has 0 fully saturated rings. The van der Waals surface area contributed by atoms with Gasteiger partial charge in [0.2, 0.25) is 0 Å². The molecule has 0 amide bonds. The number of benzene rings is 2. The van der Waals surface area contributed by atoms with Crippen LogP contribution in [0.1, 0.15) is 11.1 Å². The van der Waals surface area contributed by atoms with Crippen molar-refractivity contribution >= 4 is 11.8 Å². The summed E-state index contributed by atoms with van der Waals surface area (Å²) in [6.07, 6.45) is 1.68. The monoisotopic (exact) mass is 322 g/mol. The van der Waals surface area contributed by atoms with Crippen molar-refractivity contribution in [3.05, 3.63) is 66.0 Å². The third-order valence-corrected chi connectivity index (χ3v) is 4.33. The molecule has 6 heteroatoms. The van der Waals surface area contributed by atoms with E-state index in [0.29, 0.717) is 5.56 Å². The van der Waals surface area contributed by atoms with Crippen molar-refractivity contribution in [3.63, 3.8) is 0 Å². The molecule has 0 aliphatic rings. The molecule has 0 saturated heterocycles. The van der Waals surface area contributed by atoms with Crippen molar-refractivity contribution in [2.45, 2.75) is 10.9 Å². The third-order valence-electron chi connectivity index (χ3n) is 3.31. The fourth-order valence-electron chi connectivity index (χ4n) is 2.14. The topological polar surface area (TPSA) is 63.7 Å². The second-order valence-corrected chi connectivity index (χ2v) is 5.70. The van der Waals surface area contributed by atoms with Crippen LogP contribution in [0.25, 0.3) is 5.69 Å². The van der Waals surface area contributed by atoms with Gasteiger partial charge in [-0.1, -0.05) is 36.0 Å². The van der Waals surface area contributed by atoms with E-state index >= 15 is 0 Å². The molecule has 1 aromatic heterocycles. The summed E-state index contributed by atoms with van der Waals surface area (Å²) in [6, 6.07) is 17.4. The van der Waals surface area contributed by atoms with Gasteiger partial charge in [0.25, 0.3) is 0 Å². The Kier molecular flexibility index (Phi) is 4.60. The minimum absolute atomic E-state index is 0.663. The van der Waals surface area contributed by atoms with Crippen molar-refractivity contribution in [1.29, 1.82) is 5.26 Å². The maximum absolute atomic E-state index is 8.83. The lowest BCUT2D eigenvalue weighted by atomic mass is 10.2. The van der Waals surface area contributed by atoms with E-state index in [2.05, 4.69) is 16.3 Å². The van der Waals surface area contributed by atoms with Crippen molar-refractivity contribution in [2.24, 2.45) is 0 Å². The van der Waals surface area contributed by atoms with Crippen LogP contribution in [0, 0.1) is 11.3 Å². The number of nitrogens with zero attached hydrogens (tertiary/aromatic N) is 4. The van der Waals surface area contributed by atoms with Crippen LogP contribution in [-0.2, 0) is 5.75 Å². The minimum atomic E-state index is 0.663. The van der Waals surface area contributed by atoms with Gasteiger partial charge >= 0.3 is 0 Å². The molecule has 0 aliphatic carbocycles. The zero-order valence-corrected chi connectivity index (χ0v) is 13.3. The Hall–Kier alpha value is -2.78. The molecule has 0 N–H and O–H groups in total. The summed E-state index contributed by atoms with van der Waals surface area (Å²) in [5, 5.41) is 17.8. The minimum Gasteiger partial charge on any atom is -0.495 e. The maximum Gasteiger partial charge on any atom is 0.196 e. The first-order valence-corrected chi connectivity index (χ1v) is 7.95. The smallest absolute Gasteiger partial charge is 0.196 e. The van der Waals surface area contributed by atoms with E-state index in [1.54, 1.807) is 25.2 Å². The van der Waals surface area contributed by atoms with Gasteiger partial charge < -0.3 is 4.74 Å². The largest absolute Gasteiger partial charge is 0.495 e. The summed E-state index contributed by atoms with van der Waals surface area (Å²) in [5.74, 6) is 1.52. The van der Waals surface area contributed by atoms with Gasteiger partial charge in [-0.3, -0.25) is 4.57 Å². The normalized spacial score (nSPS) is 10.3. The van der Waals surface area contributed by atoms with Crippen LogP contribution in [0.15, 0.2) is 60.0 Å². The van der Waals surface area contributed by atoms with Gasteiger partial charge in [-0.2, -0.15) is 5.26 Å². The zero-order chi connectivity index (χ0) is 16.1. The molecule has 3 aromatic rings. The van der Waals surface area contributed by atoms with Crippen molar-refractivity contribution in [1.82, 2.24) is 14.8 Å². The number of hydrogen-bond donors (Lipinski definition) is 0. The average Bonchev–Trinajstić information content (AvgIpc) is 3.08. The first-order valence-electron chi connectivity index (χ1n) is 6.97. The number of aromatic nitrogens is 3. The molecule has 0 aliphatic heterocycles. The number of ether oxygens (including phenoxy) is 1. The van der Waals surface area contributed by atoms with E-state index in [0.717, 1.165) is 27.9 Å². The molecular weight excluding hydrogens is 308 g/mol. The van der Waals surface area contributed by atoms with Crippen LogP contribution in [0.3, 0.4) is 0 Å². The van der Waals surface area contributed by atoms with E-state index < -0.39 is 0 Å². The lowest BCUT2D eigenvalue weighted by Crippen LogP contribution is -1.98. The van der Waals surface area contributed by atoms with Gasteiger partial charge in [0.15, 0.2) is 5.16 Å². The van der Waals surface area contributed by atoms with Gasteiger partial charge in [-0.25, -0.2) is 0 Å². The first-order chi connectivity index (χ1) is 11.3. The second-order valence-electron chi connectivity index (χ2n) is 4.75. The summed E-state index contributed by atoms with van der Waals surface area (Å²) in [5.41, 5.74) is 2.70. The zero-order valence-electron chi connectivity index (χ0n) is 12.5. The average molecular weight is 322 g/mol. The molecule has 0 spiro atoms. The number of para-hydroxylation sites is 2. The second kappa shape index (κ2) is 6.99. The maximum atomic E-state index is 8.83. The van der Waals surface area contributed by atoms with Crippen molar-refractivity contribution < 1.29 is 4.74 Å². The van der Waals surface area contributed by atoms with Gasteiger partial charge in [0.05, 0.1) is 24.4 Å². The lowest BCUT2D eigenvalue weighted by molar-refractivity contribution is 0.412. The molecule has 3 rings (SSSR count). The Morgan fingerprint density at radius 1 is 1.17 bits per heavy atom. The third kappa shape index (κ3) is 3.35. The van der Waals surface area contributed by atoms with Crippen LogP contribution in [0.5, 0.6) is 5.75 Å². The summed E-state index contributed by atoms with van der Waals surface area (Å²) in [7, 11) is 1.65. The Balaban J connectivity index is 1.80. The van der Waals surface area contributed by atoms with Crippen LogP contribution in [0.4, 0.5) is 0 Å². The van der Waals surface area contributed by atoms with E-state index in [9.17, 15) is 0 Å². The quantitative estimate of drug-likeness (QED) is 0.673. The molecule has 23 heavy (non-hydrogen) atoms. The van der Waals surface area contributed by atoms with Crippen LogP contribution in [-0.4, -0.2) is 21.9 Å². The molecule has 0 bridgehead atoms. The Morgan fingerprint density at radius 2 is 1.96 bits per heavy atom. The Bertz CT molecular complexity index is 836. The highest BCUT2D eigenvalue weighted by molar-refractivity contribution is 7.98. The van der Waals surface area contributed by atoms with E-state index in [-0.39, 0.29) is 0 Å². The van der Waals surface area contributed by atoms with Gasteiger partial charge in [0.1, 0.15) is 12.1 Å². The molecule has 5 nitrogen and oxygen atoms in total. The molecule has 114 valence electrons. The molecule has 0 atom stereocenters. The van der Waals surface area contributed by atoms with E-state index in [1.807, 2.05) is 53.1 Å². The number of hydrogen-bond acceptors (Lipinski definition) is 5. The summed E-state index contributed by atoms with van der Waals surface area (Å²) in [4.78, 5) is 0. The van der Waals surface area contributed by atoms with Crippen molar-refractivity contribution in [3.8, 4) is 17.5 Å². The molecule has 0 radical (unpaired) electrons. The predicted octanol–water partition coefficient (Wildman–Crippen LogP) is 3.44. The lowest BCUT2D eigenvalue weighted by Gasteiger charge is -2.10. The van der Waals surface area contributed by atoms with Crippen molar-refractivity contribution in [2.75, 3.05) is 7.11 Å². The Labute approximate surface area is 138 Å². The highest BCUT2D eigenvalue weighted by atomic mass is 32.2. The van der Waals surface area contributed by atoms with E-state index in [1.165, 1.54) is 0 Å². The summed E-state index contributed by atoms with van der Waals surface area (Å²) >= 11 is 1.59. The fourth-order valence-corrected chi connectivity index (χ4v) is 3.02. The fraction of sp³-hybridized carbons (Fsp3) is 0.118. The molecule has 0 unspecified atom stereocenters. The number of methoxy groups -OCH3 is 1. The van der Waals surface area contributed by atoms with Gasteiger partial charge in [-0.15, -0.1) is 10.2 Å². The number of nitriles is 1. The molecule has 2 aromatic carbocycles.